The average molecular weight is 222 g/mol. The smallest absolute Gasteiger partial charge is 0.336 e. The first-order valence-corrected chi connectivity index (χ1v) is 5.12. The number of terminal acetylenes is 1. The third kappa shape index (κ3) is 2.19. The van der Waals surface area contributed by atoms with Gasteiger partial charge in [0.1, 0.15) is 0 Å². The fraction of sp³-hybridized carbons (Fsp3) is 0. The van der Waals surface area contributed by atoms with E-state index in [1.807, 2.05) is 0 Å². The summed E-state index contributed by atoms with van der Waals surface area (Å²) in [7, 11) is 0. The molecule has 0 spiro atoms. The number of fused-ring (bicyclic) bond motifs is 1. The van der Waals surface area contributed by atoms with Crippen LogP contribution in [0.2, 0.25) is 0 Å². The van der Waals surface area contributed by atoms with Crippen molar-refractivity contribution in [1.82, 2.24) is 0 Å². The normalized spacial score (nSPS) is 9.59. The van der Waals surface area contributed by atoms with Crippen molar-refractivity contribution in [3.05, 3.63) is 59.7 Å². The standard InChI is InChI=1S/C9H6O2.C6H4/c1-2-7-5-3-4-6-8(7)9(10)11;1-2-6-4-3-5(1)6/h1,3-6H,(H,10,11);1-4H. The first-order chi connectivity index (χ1) is 8.22. The second-order valence-electron chi connectivity index (χ2n) is 3.57. The summed E-state index contributed by atoms with van der Waals surface area (Å²) in [6.07, 6.45) is 5.08. The summed E-state index contributed by atoms with van der Waals surface area (Å²) in [5.41, 5.74) is 3.44. The van der Waals surface area contributed by atoms with Crippen LogP contribution in [0.4, 0.5) is 0 Å². The maximum atomic E-state index is 10.5. The van der Waals surface area contributed by atoms with Crippen molar-refractivity contribution in [2.24, 2.45) is 0 Å². The van der Waals surface area contributed by atoms with Gasteiger partial charge in [-0.05, 0) is 23.3 Å². The molecular weight excluding hydrogens is 212 g/mol. The molecule has 3 rings (SSSR count). The van der Waals surface area contributed by atoms with Crippen molar-refractivity contribution in [3.8, 4) is 23.5 Å². The van der Waals surface area contributed by atoms with Gasteiger partial charge in [0.2, 0.25) is 0 Å². The minimum absolute atomic E-state index is 0.176. The molecule has 0 unspecified atom stereocenters. The minimum atomic E-state index is -0.987. The van der Waals surface area contributed by atoms with E-state index in [-0.39, 0.29) is 5.56 Å². The van der Waals surface area contributed by atoms with Crippen LogP contribution in [-0.4, -0.2) is 11.1 Å². The molecule has 0 heterocycles. The maximum Gasteiger partial charge on any atom is 0.336 e. The molecule has 0 aliphatic heterocycles. The van der Waals surface area contributed by atoms with E-state index in [2.05, 4.69) is 30.2 Å². The van der Waals surface area contributed by atoms with Crippen LogP contribution in [0.15, 0.2) is 48.5 Å². The van der Waals surface area contributed by atoms with Gasteiger partial charge in [0.15, 0.2) is 0 Å². The SMILES string of the molecule is C#Cc1ccccc1C(=O)O.c1cc2ccc1-2. The van der Waals surface area contributed by atoms with E-state index in [9.17, 15) is 4.79 Å². The number of hydrogen-bond donors (Lipinski definition) is 1. The summed E-state index contributed by atoms with van der Waals surface area (Å²) in [5.74, 6) is 1.31. The van der Waals surface area contributed by atoms with E-state index in [4.69, 9.17) is 11.5 Å². The zero-order valence-electron chi connectivity index (χ0n) is 9.05. The number of carboxylic acids is 1. The van der Waals surface area contributed by atoms with Crippen molar-refractivity contribution >= 4 is 5.97 Å². The highest BCUT2D eigenvalue weighted by Gasteiger charge is 2.05. The fourth-order valence-corrected chi connectivity index (χ4v) is 1.46. The molecule has 2 heteroatoms. The monoisotopic (exact) mass is 222 g/mol. The molecule has 0 fully saturated rings. The highest BCUT2D eigenvalue weighted by Crippen LogP contribution is 2.29. The van der Waals surface area contributed by atoms with Crippen LogP contribution in [-0.2, 0) is 0 Å². The van der Waals surface area contributed by atoms with Crippen molar-refractivity contribution in [3.63, 3.8) is 0 Å². The summed E-state index contributed by atoms with van der Waals surface area (Å²) >= 11 is 0. The van der Waals surface area contributed by atoms with Gasteiger partial charge in [-0.15, -0.1) is 6.42 Å². The van der Waals surface area contributed by atoms with E-state index in [0.717, 1.165) is 0 Å². The molecule has 0 saturated heterocycles. The van der Waals surface area contributed by atoms with Crippen LogP contribution in [0.25, 0.3) is 11.1 Å². The van der Waals surface area contributed by atoms with Gasteiger partial charge in [-0.25, -0.2) is 4.79 Å². The Morgan fingerprint density at radius 3 is 1.82 bits per heavy atom. The Kier molecular flexibility index (Phi) is 2.93. The van der Waals surface area contributed by atoms with E-state index >= 15 is 0 Å². The van der Waals surface area contributed by atoms with Gasteiger partial charge in [0.25, 0.3) is 0 Å². The molecule has 2 aliphatic carbocycles. The molecule has 1 N–H and O–H groups in total. The summed E-state index contributed by atoms with van der Waals surface area (Å²) in [6, 6.07) is 14.9. The maximum absolute atomic E-state index is 10.5. The van der Waals surface area contributed by atoms with Crippen LogP contribution < -0.4 is 0 Å². The fourth-order valence-electron chi connectivity index (χ4n) is 1.46. The molecule has 0 atom stereocenters. The second kappa shape index (κ2) is 4.54. The molecule has 0 radical (unpaired) electrons. The van der Waals surface area contributed by atoms with Gasteiger partial charge < -0.3 is 5.11 Å². The number of hydrogen-bond acceptors (Lipinski definition) is 1. The Balaban J connectivity index is 0.000000148. The lowest BCUT2D eigenvalue weighted by Crippen LogP contribution is -1.98. The lowest BCUT2D eigenvalue weighted by Gasteiger charge is -2.10. The Morgan fingerprint density at radius 2 is 1.53 bits per heavy atom. The molecule has 0 saturated carbocycles. The highest BCUT2D eigenvalue weighted by molar-refractivity contribution is 5.90. The molecule has 2 aliphatic rings. The number of carbonyl (C=O) groups is 1. The molecule has 1 aromatic carbocycles. The van der Waals surface area contributed by atoms with Crippen molar-refractivity contribution in [2.45, 2.75) is 0 Å². The third-order valence-electron chi connectivity index (χ3n) is 2.53. The Labute approximate surface area is 99.5 Å². The molecule has 0 aromatic heterocycles. The van der Waals surface area contributed by atoms with Crippen LogP contribution in [0, 0.1) is 12.3 Å². The molecule has 0 bridgehead atoms. The zero-order valence-corrected chi connectivity index (χ0v) is 9.05. The van der Waals surface area contributed by atoms with Crippen molar-refractivity contribution < 1.29 is 9.90 Å². The van der Waals surface area contributed by atoms with Gasteiger partial charge in [-0.2, -0.15) is 0 Å². The molecule has 0 amide bonds. The first-order valence-electron chi connectivity index (χ1n) is 5.12. The largest absolute Gasteiger partial charge is 0.478 e. The molecular formula is C15H10O2. The lowest BCUT2D eigenvalue weighted by atomic mass is 9.95. The Morgan fingerprint density at radius 1 is 1.00 bits per heavy atom. The summed E-state index contributed by atoms with van der Waals surface area (Å²) < 4.78 is 0. The van der Waals surface area contributed by atoms with Gasteiger partial charge in [0, 0.05) is 5.56 Å². The molecule has 82 valence electrons. The van der Waals surface area contributed by atoms with Crippen LogP contribution in [0.1, 0.15) is 15.9 Å². The second-order valence-corrected chi connectivity index (χ2v) is 3.57. The number of rotatable bonds is 1. The average Bonchev–Trinajstić information content (AvgIpc) is 2.34. The Hall–Kier alpha value is -2.53. The number of aromatic carboxylic acids is 1. The van der Waals surface area contributed by atoms with E-state index in [1.54, 1.807) is 18.2 Å². The molecule has 1 aromatic rings. The van der Waals surface area contributed by atoms with Gasteiger partial charge >= 0.3 is 5.97 Å². The number of benzene rings is 2. The van der Waals surface area contributed by atoms with Crippen molar-refractivity contribution in [1.29, 1.82) is 0 Å². The van der Waals surface area contributed by atoms with Crippen LogP contribution >= 0.6 is 0 Å². The van der Waals surface area contributed by atoms with Crippen molar-refractivity contribution in [2.75, 3.05) is 0 Å². The lowest BCUT2D eigenvalue weighted by molar-refractivity contribution is 0.0696. The molecule has 2 nitrogen and oxygen atoms in total. The Bertz CT molecular complexity index is 568. The summed E-state index contributed by atoms with van der Waals surface area (Å²) in [5, 5.41) is 8.60. The topological polar surface area (TPSA) is 37.3 Å². The van der Waals surface area contributed by atoms with Gasteiger partial charge in [0.05, 0.1) is 5.56 Å². The van der Waals surface area contributed by atoms with E-state index in [0.29, 0.717) is 5.56 Å². The van der Waals surface area contributed by atoms with Crippen LogP contribution in [0.3, 0.4) is 0 Å². The zero-order chi connectivity index (χ0) is 12.3. The minimum Gasteiger partial charge on any atom is -0.478 e. The van der Waals surface area contributed by atoms with Gasteiger partial charge in [-0.3, -0.25) is 0 Å². The number of carboxylic acid groups (broad SMARTS) is 1. The third-order valence-corrected chi connectivity index (χ3v) is 2.53. The highest BCUT2D eigenvalue weighted by atomic mass is 16.4. The summed E-state index contributed by atoms with van der Waals surface area (Å²) in [6.45, 7) is 0. The van der Waals surface area contributed by atoms with E-state index in [1.165, 1.54) is 17.2 Å². The first kappa shape index (κ1) is 11.0. The predicted molar refractivity (Wildman–Crippen MR) is 66.8 cm³/mol. The predicted octanol–water partition coefficient (Wildman–Crippen LogP) is 3.03. The van der Waals surface area contributed by atoms with E-state index < -0.39 is 5.97 Å². The summed E-state index contributed by atoms with van der Waals surface area (Å²) in [4.78, 5) is 10.5. The molecule has 17 heavy (non-hydrogen) atoms. The van der Waals surface area contributed by atoms with Crippen LogP contribution in [0.5, 0.6) is 0 Å². The quantitative estimate of drug-likeness (QED) is 0.642. The van der Waals surface area contributed by atoms with Gasteiger partial charge in [-0.1, -0.05) is 42.3 Å².